The van der Waals surface area contributed by atoms with E-state index >= 15 is 0 Å². The number of esters is 2. The number of ether oxygens (including phenoxy) is 2. The van der Waals surface area contributed by atoms with Gasteiger partial charge in [0.2, 0.25) is 0 Å². The van der Waals surface area contributed by atoms with Crippen LogP contribution in [0.25, 0.3) is 0 Å². The third-order valence-electron chi connectivity index (χ3n) is 4.10. The highest BCUT2D eigenvalue weighted by atomic mass is 35.5. The van der Waals surface area contributed by atoms with Gasteiger partial charge in [-0.1, -0.05) is 0 Å². The fourth-order valence-electron chi connectivity index (χ4n) is 2.51. The summed E-state index contributed by atoms with van der Waals surface area (Å²) in [6.45, 7) is 0.202. The molecule has 3 rings (SSSR count). The van der Waals surface area contributed by atoms with Gasteiger partial charge in [0.1, 0.15) is 23.0 Å². The number of pyridine rings is 2. The Morgan fingerprint density at radius 2 is 1.14 bits per heavy atom. The minimum atomic E-state index is -0.613. The number of rotatable bonds is 10. The standard InChI is InChI=1S/C22H20N4O6S.2ClH/c27-19(15-3-1-7-23-13-15)25-9-11-31-21(29)17-5-6-18(33-17)22(30)32-12-10-26-20(28)16-4-2-8-24-14-16;;/h1-8,13-14H,9-12H2,(H,25,27)(H,26,28);2*1H. The molecule has 0 saturated carbocycles. The van der Waals surface area contributed by atoms with Crippen molar-refractivity contribution in [2.75, 3.05) is 26.3 Å². The fourth-order valence-corrected chi connectivity index (χ4v) is 3.31. The van der Waals surface area contributed by atoms with Crippen molar-refractivity contribution >= 4 is 59.9 Å². The summed E-state index contributed by atoms with van der Waals surface area (Å²) in [4.78, 5) is 56.2. The number of amides is 2. The van der Waals surface area contributed by atoms with Crippen molar-refractivity contribution in [1.82, 2.24) is 20.6 Å². The van der Waals surface area contributed by atoms with Crippen molar-refractivity contribution in [2.24, 2.45) is 0 Å². The molecule has 0 spiro atoms. The van der Waals surface area contributed by atoms with Gasteiger partial charge >= 0.3 is 11.9 Å². The number of hydrogen-bond donors (Lipinski definition) is 2. The summed E-state index contributed by atoms with van der Waals surface area (Å²) in [5.41, 5.74) is 0.809. The zero-order chi connectivity index (χ0) is 23.5. The number of aromatic nitrogens is 2. The molecule has 0 fully saturated rings. The molecule has 10 nitrogen and oxygen atoms in total. The number of halogens is 2. The number of nitrogens with zero attached hydrogens (tertiary/aromatic N) is 2. The number of carbonyl (C=O) groups is 4. The SMILES string of the molecule is Cl.Cl.O=C(NCCOC(=O)c1ccc(C(=O)OCCNC(=O)c2cccnc2)s1)c1cccnc1. The minimum Gasteiger partial charge on any atom is -0.460 e. The maximum absolute atomic E-state index is 12.1. The highest BCUT2D eigenvalue weighted by molar-refractivity contribution is 7.15. The Hall–Kier alpha value is -3.54. The van der Waals surface area contributed by atoms with Gasteiger partial charge in [0.05, 0.1) is 24.2 Å². The molecule has 0 bridgehead atoms. The molecule has 0 aromatic carbocycles. The van der Waals surface area contributed by atoms with E-state index in [1.165, 1.54) is 24.5 Å². The monoisotopic (exact) mass is 540 g/mol. The Morgan fingerprint density at radius 3 is 1.51 bits per heavy atom. The van der Waals surface area contributed by atoms with Crippen LogP contribution in [0.2, 0.25) is 0 Å². The Bertz CT molecular complexity index is 1030. The van der Waals surface area contributed by atoms with Gasteiger partial charge in [0, 0.05) is 24.8 Å². The molecule has 0 atom stereocenters. The average molecular weight is 541 g/mol. The van der Waals surface area contributed by atoms with E-state index in [9.17, 15) is 19.2 Å². The fraction of sp³-hybridized carbons (Fsp3) is 0.182. The predicted molar refractivity (Wildman–Crippen MR) is 133 cm³/mol. The summed E-state index contributed by atoms with van der Waals surface area (Å²) in [7, 11) is 0. The van der Waals surface area contributed by atoms with Crippen LogP contribution in [0.1, 0.15) is 40.1 Å². The maximum Gasteiger partial charge on any atom is 0.348 e. The first-order valence-corrected chi connectivity index (χ1v) is 10.7. The highest BCUT2D eigenvalue weighted by Gasteiger charge is 2.16. The highest BCUT2D eigenvalue weighted by Crippen LogP contribution is 2.18. The van der Waals surface area contributed by atoms with E-state index in [1.807, 2.05) is 0 Å². The lowest BCUT2D eigenvalue weighted by molar-refractivity contribution is 0.0504. The summed E-state index contributed by atoms with van der Waals surface area (Å²) in [5, 5.41) is 5.23. The first-order chi connectivity index (χ1) is 16.0. The average Bonchev–Trinajstić information content (AvgIpc) is 3.36. The lowest BCUT2D eigenvalue weighted by Gasteiger charge is -2.06. The molecule has 3 aromatic heterocycles. The summed E-state index contributed by atoms with van der Waals surface area (Å²) >= 11 is 0.931. The lowest BCUT2D eigenvalue weighted by Crippen LogP contribution is -2.28. The molecule has 3 aromatic rings. The van der Waals surface area contributed by atoms with Crippen LogP contribution in [0.3, 0.4) is 0 Å². The Labute approximate surface area is 217 Å². The molecular formula is C22H22Cl2N4O6S. The second-order valence-corrected chi connectivity index (χ2v) is 7.51. The molecule has 0 saturated heterocycles. The van der Waals surface area contributed by atoms with Crippen molar-refractivity contribution in [3.63, 3.8) is 0 Å². The van der Waals surface area contributed by atoms with Crippen LogP contribution >= 0.6 is 36.2 Å². The Balaban J connectivity index is 0.00000306. The normalized spacial score (nSPS) is 9.60. The predicted octanol–water partition coefficient (Wildman–Crippen LogP) is 2.56. The van der Waals surface area contributed by atoms with Gasteiger partial charge < -0.3 is 20.1 Å². The second-order valence-electron chi connectivity index (χ2n) is 6.43. The molecule has 0 unspecified atom stereocenters. The minimum absolute atomic E-state index is 0. The summed E-state index contributed by atoms with van der Waals surface area (Å²) in [6, 6.07) is 9.45. The van der Waals surface area contributed by atoms with Crippen molar-refractivity contribution < 1.29 is 28.7 Å². The van der Waals surface area contributed by atoms with Gasteiger partial charge in [0.15, 0.2) is 0 Å². The van der Waals surface area contributed by atoms with E-state index in [1.54, 1.807) is 36.7 Å². The van der Waals surface area contributed by atoms with Crippen LogP contribution < -0.4 is 10.6 Å². The molecule has 2 amide bonds. The summed E-state index contributed by atoms with van der Waals surface area (Å²) in [5.74, 6) is -1.87. The van der Waals surface area contributed by atoms with Gasteiger partial charge in [-0.3, -0.25) is 19.6 Å². The molecular weight excluding hydrogens is 519 g/mol. The van der Waals surface area contributed by atoms with Crippen molar-refractivity contribution in [1.29, 1.82) is 0 Å². The van der Waals surface area contributed by atoms with E-state index in [4.69, 9.17) is 9.47 Å². The molecule has 0 aliphatic carbocycles. The number of hydrogen-bond acceptors (Lipinski definition) is 9. The smallest absolute Gasteiger partial charge is 0.348 e. The van der Waals surface area contributed by atoms with Crippen molar-refractivity contribution in [3.05, 3.63) is 82.1 Å². The first kappa shape index (κ1) is 29.5. The number of carbonyl (C=O) groups excluding carboxylic acids is 4. The van der Waals surface area contributed by atoms with Crippen LogP contribution in [0.15, 0.2) is 61.2 Å². The molecule has 3 heterocycles. The van der Waals surface area contributed by atoms with E-state index in [0.29, 0.717) is 11.1 Å². The molecule has 2 N–H and O–H groups in total. The van der Waals surface area contributed by atoms with E-state index in [0.717, 1.165) is 11.3 Å². The zero-order valence-electron chi connectivity index (χ0n) is 18.2. The van der Waals surface area contributed by atoms with Gasteiger partial charge in [-0.15, -0.1) is 36.2 Å². The van der Waals surface area contributed by atoms with Crippen LogP contribution in [0.4, 0.5) is 0 Å². The largest absolute Gasteiger partial charge is 0.460 e. The van der Waals surface area contributed by atoms with Crippen molar-refractivity contribution in [2.45, 2.75) is 0 Å². The Kier molecular flexibility index (Phi) is 13.0. The zero-order valence-corrected chi connectivity index (χ0v) is 20.6. The second kappa shape index (κ2) is 15.4. The van der Waals surface area contributed by atoms with Crippen LogP contribution in [0.5, 0.6) is 0 Å². The lowest BCUT2D eigenvalue weighted by atomic mass is 10.3. The Morgan fingerprint density at radius 1 is 0.714 bits per heavy atom. The van der Waals surface area contributed by atoms with Gasteiger partial charge in [0.25, 0.3) is 11.8 Å². The van der Waals surface area contributed by atoms with Crippen molar-refractivity contribution in [3.8, 4) is 0 Å². The molecule has 186 valence electrons. The van der Waals surface area contributed by atoms with Gasteiger partial charge in [-0.05, 0) is 36.4 Å². The summed E-state index contributed by atoms with van der Waals surface area (Å²) in [6.07, 6.45) is 5.99. The topological polar surface area (TPSA) is 137 Å². The third kappa shape index (κ3) is 9.32. The van der Waals surface area contributed by atoms with Gasteiger partial charge in [-0.25, -0.2) is 9.59 Å². The number of nitrogens with one attached hydrogen (secondary N) is 2. The van der Waals surface area contributed by atoms with Gasteiger partial charge in [-0.2, -0.15) is 0 Å². The molecule has 35 heavy (non-hydrogen) atoms. The third-order valence-corrected chi connectivity index (χ3v) is 5.14. The molecule has 13 heteroatoms. The quantitative estimate of drug-likeness (QED) is 0.295. The summed E-state index contributed by atoms with van der Waals surface area (Å²) < 4.78 is 10.2. The first-order valence-electron chi connectivity index (χ1n) is 9.85. The van der Waals surface area contributed by atoms with E-state index in [-0.39, 0.29) is 72.7 Å². The molecule has 0 aliphatic heterocycles. The van der Waals surface area contributed by atoms with Crippen LogP contribution in [-0.2, 0) is 9.47 Å². The number of thiophene rings is 1. The maximum atomic E-state index is 12.1. The van der Waals surface area contributed by atoms with Crippen LogP contribution in [0, 0.1) is 0 Å². The molecule has 0 aliphatic rings. The van der Waals surface area contributed by atoms with Crippen LogP contribution in [-0.4, -0.2) is 60.0 Å². The van der Waals surface area contributed by atoms with E-state index < -0.39 is 11.9 Å². The van der Waals surface area contributed by atoms with E-state index in [2.05, 4.69) is 20.6 Å². The molecule has 0 radical (unpaired) electrons.